The minimum Gasteiger partial charge on any atom is -0.467 e. The maximum absolute atomic E-state index is 11.9. The monoisotopic (exact) mass is 291 g/mol. The maximum Gasteiger partial charge on any atom is 0.231 e. The lowest BCUT2D eigenvalue weighted by molar-refractivity contribution is -0.119. The predicted molar refractivity (Wildman–Crippen MR) is 76.5 cm³/mol. The Labute approximate surface area is 121 Å². The summed E-state index contributed by atoms with van der Waals surface area (Å²) in [5.74, 6) is 1.13. The Kier molecular flexibility index (Phi) is 3.82. The molecular weight excluding hydrogens is 274 g/mol. The summed E-state index contributed by atoms with van der Waals surface area (Å²) in [5, 5.41) is 3.84. The SMILES string of the molecule is CC(NC(=O)CSc1nccn1C1CC1)c1ccco1. The molecule has 20 heavy (non-hydrogen) atoms. The number of nitrogens with zero attached hydrogens (tertiary/aromatic N) is 2. The van der Waals surface area contributed by atoms with Crippen LogP contribution in [0.15, 0.2) is 40.4 Å². The van der Waals surface area contributed by atoms with Crippen LogP contribution in [0.2, 0.25) is 0 Å². The van der Waals surface area contributed by atoms with Crippen molar-refractivity contribution in [2.45, 2.75) is 37.0 Å². The average molecular weight is 291 g/mol. The maximum atomic E-state index is 11.9. The molecule has 1 saturated carbocycles. The van der Waals surface area contributed by atoms with E-state index in [2.05, 4.69) is 14.9 Å². The van der Waals surface area contributed by atoms with Crippen LogP contribution in [0.3, 0.4) is 0 Å². The number of hydrogen-bond acceptors (Lipinski definition) is 4. The van der Waals surface area contributed by atoms with Gasteiger partial charge in [-0.05, 0) is 31.9 Å². The normalized spacial score (nSPS) is 16.1. The fraction of sp³-hybridized carbons (Fsp3) is 0.429. The van der Waals surface area contributed by atoms with E-state index >= 15 is 0 Å². The van der Waals surface area contributed by atoms with Crippen molar-refractivity contribution in [1.29, 1.82) is 0 Å². The van der Waals surface area contributed by atoms with Crippen LogP contribution in [0.1, 0.15) is 37.6 Å². The highest BCUT2D eigenvalue weighted by molar-refractivity contribution is 7.99. The van der Waals surface area contributed by atoms with E-state index in [0.717, 1.165) is 10.9 Å². The van der Waals surface area contributed by atoms with Gasteiger partial charge in [0.1, 0.15) is 5.76 Å². The van der Waals surface area contributed by atoms with E-state index in [9.17, 15) is 4.79 Å². The minimum atomic E-state index is -0.110. The molecule has 1 amide bonds. The van der Waals surface area contributed by atoms with Gasteiger partial charge < -0.3 is 14.3 Å². The van der Waals surface area contributed by atoms with E-state index < -0.39 is 0 Å². The molecule has 1 aliphatic rings. The van der Waals surface area contributed by atoms with Crippen LogP contribution >= 0.6 is 11.8 Å². The molecule has 1 unspecified atom stereocenters. The summed E-state index contributed by atoms with van der Waals surface area (Å²) in [6.07, 6.45) is 7.82. The molecule has 0 spiro atoms. The van der Waals surface area contributed by atoms with Crippen LogP contribution < -0.4 is 5.32 Å². The van der Waals surface area contributed by atoms with Crippen molar-refractivity contribution in [1.82, 2.24) is 14.9 Å². The summed E-state index contributed by atoms with van der Waals surface area (Å²) in [4.78, 5) is 16.2. The number of aromatic nitrogens is 2. The number of rotatable bonds is 6. The number of carbonyl (C=O) groups is 1. The molecule has 6 heteroatoms. The molecule has 106 valence electrons. The summed E-state index contributed by atoms with van der Waals surface area (Å²) >= 11 is 1.48. The van der Waals surface area contributed by atoms with Crippen molar-refractivity contribution < 1.29 is 9.21 Å². The van der Waals surface area contributed by atoms with Crippen LogP contribution in [0.4, 0.5) is 0 Å². The quantitative estimate of drug-likeness (QED) is 0.831. The summed E-state index contributed by atoms with van der Waals surface area (Å²) in [6, 6.07) is 4.16. The third-order valence-corrected chi connectivity index (χ3v) is 4.23. The molecule has 2 aromatic rings. The third kappa shape index (κ3) is 3.07. The lowest BCUT2D eigenvalue weighted by Crippen LogP contribution is -2.28. The highest BCUT2D eigenvalue weighted by Crippen LogP contribution is 2.37. The first-order valence-corrected chi connectivity index (χ1v) is 7.71. The molecule has 1 fully saturated rings. The van der Waals surface area contributed by atoms with E-state index in [1.807, 2.05) is 25.3 Å². The van der Waals surface area contributed by atoms with Gasteiger partial charge in [-0.2, -0.15) is 0 Å². The number of carbonyl (C=O) groups excluding carboxylic acids is 1. The van der Waals surface area contributed by atoms with Gasteiger partial charge >= 0.3 is 0 Å². The van der Waals surface area contributed by atoms with E-state index in [-0.39, 0.29) is 11.9 Å². The smallest absolute Gasteiger partial charge is 0.231 e. The van der Waals surface area contributed by atoms with Gasteiger partial charge in [-0.15, -0.1) is 0 Å². The molecule has 1 aliphatic carbocycles. The van der Waals surface area contributed by atoms with Crippen LogP contribution in [0.5, 0.6) is 0 Å². The molecule has 1 atom stereocenters. The second kappa shape index (κ2) is 5.75. The lowest BCUT2D eigenvalue weighted by atomic mass is 10.2. The van der Waals surface area contributed by atoms with Gasteiger partial charge in [0.2, 0.25) is 5.91 Å². The number of nitrogens with one attached hydrogen (secondary N) is 1. The van der Waals surface area contributed by atoms with Crippen molar-refractivity contribution in [2.75, 3.05) is 5.75 Å². The Balaban J connectivity index is 1.50. The molecule has 0 aliphatic heterocycles. The number of amides is 1. The van der Waals surface area contributed by atoms with Gasteiger partial charge in [0.05, 0.1) is 18.1 Å². The molecule has 1 N–H and O–H groups in total. The van der Waals surface area contributed by atoms with Crippen molar-refractivity contribution in [3.63, 3.8) is 0 Å². The molecule has 0 aromatic carbocycles. The molecular formula is C14H17N3O2S. The second-order valence-corrected chi connectivity index (χ2v) is 5.88. The van der Waals surface area contributed by atoms with Crippen molar-refractivity contribution in [3.8, 4) is 0 Å². The number of imidazole rings is 1. The largest absolute Gasteiger partial charge is 0.467 e. The first-order valence-electron chi connectivity index (χ1n) is 6.72. The second-order valence-electron chi connectivity index (χ2n) is 4.94. The van der Waals surface area contributed by atoms with Gasteiger partial charge in [-0.25, -0.2) is 4.98 Å². The van der Waals surface area contributed by atoms with Gasteiger partial charge in [0.15, 0.2) is 5.16 Å². The van der Waals surface area contributed by atoms with E-state index in [1.165, 1.54) is 24.6 Å². The summed E-state index contributed by atoms with van der Waals surface area (Å²) in [5.41, 5.74) is 0. The predicted octanol–water partition coefficient (Wildman–Crippen LogP) is 2.78. The fourth-order valence-electron chi connectivity index (χ4n) is 2.06. The minimum absolute atomic E-state index is 0.00996. The third-order valence-electron chi connectivity index (χ3n) is 3.25. The van der Waals surface area contributed by atoms with Crippen LogP contribution in [0, 0.1) is 0 Å². The van der Waals surface area contributed by atoms with Gasteiger partial charge in [-0.1, -0.05) is 11.8 Å². The van der Waals surface area contributed by atoms with Crippen molar-refractivity contribution in [3.05, 3.63) is 36.5 Å². The zero-order valence-corrected chi connectivity index (χ0v) is 12.1. The van der Waals surface area contributed by atoms with E-state index in [1.54, 1.807) is 12.5 Å². The highest BCUT2D eigenvalue weighted by Gasteiger charge is 2.25. The Morgan fingerprint density at radius 3 is 3.20 bits per heavy atom. The lowest BCUT2D eigenvalue weighted by Gasteiger charge is -2.11. The number of thioether (sulfide) groups is 1. The van der Waals surface area contributed by atoms with Crippen LogP contribution in [0.25, 0.3) is 0 Å². The molecule has 2 heterocycles. The zero-order chi connectivity index (χ0) is 13.9. The standard InChI is InChI=1S/C14H17N3O2S/c1-10(12-3-2-8-19-12)16-13(18)9-20-14-15-6-7-17(14)11-4-5-11/h2-3,6-8,10-11H,4-5,9H2,1H3,(H,16,18). The zero-order valence-electron chi connectivity index (χ0n) is 11.3. The summed E-state index contributed by atoms with van der Waals surface area (Å²) < 4.78 is 7.43. The molecule has 5 nitrogen and oxygen atoms in total. The van der Waals surface area contributed by atoms with Gasteiger partial charge in [-0.3, -0.25) is 4.79 Å². The number of furan rings is 1. The Bertz CT molecular complexity index is 575. The molecule has 3 rings (SSSR count). The van der Waals surface area contributed by atoms with Crippen LogP contribution in [-0.2, 0) is 4.79 Å². The molecule has 0 saturated heterocycles. The van der Waals surface area contributed by atoms with Gasteiger partial charge in [0.25, 0.3) is 0 Å². The topological polar surface area (TPSA) is 60.1 Å². The summed E-state index contributed by atoms with van der Waals surface area (Å²) in [6.45, 7) is 1.91. The van der Waals surface area contributed by atoms with E-state index in [4.69, 9.17) is 4.42 Å². The highest BCUT2D eigenvalue weighted by atomic mass is 32.2. The summed E-state index contributed by atoms with van der Waals surface area (Å²) in [7, 11) is 0. The fourth-order valence-corrected chi connectivity index (χ4v) is 2.90. The van der Waals surface area contributed by atoms with Crippen LogP contribution in [-0.4, -0.2) is 21.2 Å². The average Bonchev–Trinajstić information content (AvgIpc) is 2.95. The van der Waals surface area contributed by atoms with E-state index in [0.29, 0.717) is 11.8 Å². The first kappa shape index (κ1) is 13.3. The van der Waals surface area contributed by atoms with Gasteiger partial charge in [0, 0.05) is 18.4 Å². The molecule has 0 bridgehead atoms. The Morgan fingerprint density at radius 1 is 1.65 bits per heavy atom. The Morgan fingerprint density at radius 2 is 2.50 bits per heavy atom. The van der Waals surface area contributed by atoms with Crippen molar-refractivity contribution >= 4 is 17.7 Å². The number of hydrogen-bond donors (Lipinski definition) is 1. The molecule has 2 aromatic heterocycles. The molecule has 0 radical (unpaired) electrons. The first-order chi connectivity index (χ1) is 9.74. The Hall–Kier alpha value is -1.69. The van der Waals surface area contributed by atoms with Crippen molar-refractivity contribution in [2.24, 2.45) is 0 Å².